The van der Waals surface area contributed by atoms with Gasteiger partial charge in [0.1, 0.15) is 30.0 Å². The predicted octanol–water partition coefficient (Wildman–Crippen LogP) is 5.10. The molecule has 0 amide bonds. The highest BCUT2D eigenvalue weighted by molar-refractivity contribution is 5.76. The molecule has 0 bridgehead atoms. The fourth-order valence-corrected chi connectivity index (χ4v) is 2.92. The minimum Gasteiger partial charge on any atom is -0.462 e. The van der Waals surface area contributed by atoms with Crippen LogP contribution in [0.3, 0.4) is 0 Å². The Morgan fingerprint density at radius 1 is 0.821 bits per heavy atom. The number of carbonyl (C=O) groups excluding carboxylic acids is 4. The molecule has 0 unspecified atom stereocenters. The minimum absolute atomic E-state index is 0.00671. The van der Waals surface area contributed by atoms with Crippen molar-refractivity contribution in [2.45, 2.75) is 105 Å². The monoisotopic (exact) mass is 553 g/mol. The van der Waals surface area contributed by atoms with Crippen LogP contribution in [0.2, 0.25) is 0 Å². The van der Waals surface area contributed by atoms with Crippen LogP contribution >= 0.6 is 0 Å². The highest BCUT2D eigenvalue weighted by Gasteiger charge is 2.25. The van der Waals surface area contributed by atoms with Gasteiger partial charge in [0.2, 0.25) is 0 Å². The van der Waals surface area contributed by atoms with Crippen molar-refractivity contribution < 1.29 is 47.6 Å². The molecular weight excluding hydrogens is 510 g/mol. The number of rotatable bonds is 9. The summed E-state index contributed by atoms with van der Waals surface area (Å²) >= 11 is 0. The molecule has 0 radical (unpaired) electrons. The molecule has 2 atom stereocenters. The molecule has 11 heteroatoms. The number of nitrogens with two attached hydrogens (primary N) is 1. The van der Waals surface area contributed by atoms with Gasteiger partial charge in [-0.25, -0.2) is 9.59 Å². The van der Waals surface area contributed by atoms with Gasteiger partial charge in [0.05, 0.1) is 6.42 Å². The molecule has 0 saturated carbocycles. The average Bonchev–Trinajstić information content (AvgIpc) is 2.70. The van der Waals surface area contributed by atoms with Crippen LogP contribution in [0.15, 0.2) is 18.2 Å². The Kier molecular flexibility index (Phi) is 11.8. The number of carbonyl (C=O) groups is 4. The van der Waals surface area contributed by atoms with E-state index in [-0.39, 0.29) is 42.3 Å². The van der Waals surface area contributed by atoms with Crippen LogP contribution in [0.4, 0.5) is 9.59 Å². The van der Waals surface area contributed by atoms with Crippen LogP contribution in [-0.4, -0.2) is 54.2 Å². The summed E-state index contributed by atoms with van der Waals surface area (Å²) in [6.07, 6.45) is -2.49. The lowest BCUT2D eigenvalue weighted by atomic mass is 9.92. The fourth-order valence-electron chi connectivity index (χ4n) is 2.92. The van der Waals surface area contributed by atoms with E-state index in [1.807, 2.05) is 20.8 Å². The molecule has 0 saturated heterocycles. The molecule has 1 rings (SSSR count). The summed E-state index contributed by atoms with van der Waals surface area (Å²) < 4.78 is 31.3. The predicted molar refractivity (Wildman–Crippen MR) is 142 cm³/mol. The van der Waals surface area contributed by atoms with Crippen molar-refractivity contribution >= 4 is 24.2 Å². The van der Waals surface area contributed by atoms with Gasteiger partial charge in [-0.15, -0.1) is 0 Å². The van der Waals surface area contributed by atoms with Gasteiger partial charge in [-0.2, -0.15) is 0 Å². The highest BCUT2D eigenvalue weighted by Crippen LogP contribution is 2.31. The topological polar surface area (TPSA) is 150 Å². The summed E-state index contributed by atoms with van der Waals surface area (Å²) in [7, 11) is 0. The van der Waals surface area contributed by atoms with E-state index in [0.717, 1.165) is 0 Å². The Morgan fingerprint density at radius 2 is 1.33 bits per heavy atom. The van der Waals surface area contributed by atoms with Crippen molar-refractivity contribution in [3.05, 3.63) is 23.8 Å². The van der Waals surface area contributed by atoms with E-state index >= 15 is 0 Å². The number of esters is 2. The molecule has 0 aliphatic carbocycles. The van der Waals surface area contributed by atoms with Crippen LogP contribution in [0.5, 0.6) is 11.5 Å². The summed E-state index contributed by atoms with van der Waals surface area (Å²) in [6, 6.07) is 3.25. The molecule has 0 spiro atoms. The summed E-state index contributed by atoms with van der Waals surface area (Å²) in [6.45, 7) is 17.2. The van der Waals surface area contributed by atoms with Gasteiger partial charge in [-0.1, -0.05) is 26.8 Å². The SMILES string of the molecule is C[C@@H](COC(=O)CC(C)(C)C)OC(=O)[C@@H](N)Cc1ccc(OC(=O)OC(C)(C)C)c(OC(=O)OC(C)(C)C)c1. The van der Waals surface area contributed by atoms with E-state index in [1.165, 1.54) is 12.1 Å². The van der Waals surface area contributed by atoms with E-state index in [4.69, 9.17) is 34.2 Å². The first kappa shape index (κ1) is 33.7. The van der Waals surface area contributed by atoms with Crippen LogP contribution in [-0.2, 0) is 35.0 Å². The second-order valence-electron chi connectivity index (χ2n) is 12.4. The van der Waals surface area contributed by atoms with E-state index < -0.39 is 41.6 Å². The Labute approximate surface area is 230 Å². The maximum atomic E-state index is 12.5. The highest BCUT2D eigenvalue weighted by atomic mass is 16.8. The standard InChI is InChI=1S/C28H43NO10/c1-17(16-34-22(30)15-26(2,3)4)35-23(31)19(29)13-18-11-12-20(36-24(32)38-27(5,6)7)21(14-18)37-25(33)39-28(8,9)10/h11-12,14,17,19H,13,15-16,29H2,1-10H3/t17-,19-/m0/s1. The molecule has 39 heavy (non-hydrogen) atoms. The second kappa shape index (κ2) is 13.6. The maximum Gasteiger partial charge on any atom is 0.514 e. The Morgan fingerprint density at radius 3 is 1.82 bits per heavy atom. The molecule has 1 aromatic rings. The van der Waals surface area contributed by atoms with Crippen LogP contribution in [0.25, 0.3) is 0 Å². The van der Waals surface area contributed by atoms with E-state index in [9.17, 15) is 19.2 Å². The number of hydrogen-bond donors (Lipinski definition) is 1. The zero-order valence-corrected chi connectivity index (χ0v) is 24.7. The van der Waals surface area contributed by atoms with Gasteiger partial charge in [0.15, 0.2) is 11.5 Å². The Bertz CT molecular complexity index is 1010. The Hall–Kier alpha value is -3.34. The van der Waals surface area contributed by atoms with Crippen molar-refractivity contribution in [1.29, 1.82) is 0 Å². The van der Waals surface area contributed by atoms with Gasteiger partial charge >= 0.3 is 24.2 Å². The van der Waals surface area contributed by atoms with Crippen molar-refractivity contribution in [2.24, 2.45) is 11.1 Å². The Balaban J connectivity index is 2.92. The van der Waals surface area contributed by atoms with Crippen LogP contribution in [0.1, 0.15) is 81.2 Å². The zero-order chi connectivity index (χ0) is 30.2. The van der Waals surface area contributed by atoms with Crippen molar-refractivity contribution in [3.63, 3.8) is 0 Å². The van der Waals surface area contributed by atoms with E-state index in [1.54, 1.807) is 54.5 Å². The zero-order valence-electron chi connectivity index (χ0n) is 24.7. The van der Waals surface area contributed by atoms with Gasteiger partial charge in [-0.3, -0.25) is 9.59 Å². The molecule has 0 aliphatic rings. The maximum absolute atomic E-state index is 12.5. The summed E-state index contributed by atoms with van der Waals surface area (Å²) in [5.74, 6) is -1.33. The van der Waals surface area contributed by atoms with Gasteiger partial charge in [-0.05, 0) is 78.0 Å². The lowest BCUT2D eigenvalue weighted by Gasteiger charge is -2.21. The number of ether oxygens (including phenoxy) is 6. The first-order valence-corrected chi connectivity index (χ1v) is 12.7. The lowest BCUT2D eigenvalue weighted by molar-refractivity contribution is -0.159. The molecular formula is C28H43NO10. The molecule has 0 fully saturated rings. The lowest BCUT2D eigenvalue weighted by Crippen LogP contribution is -2.37. The molecule has 0 heterocycles. The molecule has 0 aliphatic heterocycles. The van der Waals surface area contributed by atoms with E-state index in [0.29, 0.717) is 5.56 Å². The molecule has 11 nitrogen and oxygen atoms in total. The van der Waals surface area contributed by atoms with Gasteiger partial charge < -0.3 is 34.2 Å². The molecule has 1 aromatic carbocycles. The molecule has 0 aromatic heterocycles. The first-order chi connectivity index (χ1) is 17.6. The van der Waals surface area contributed by atoms with Crippen molar-refractivity contribution in [1.82, 2.24) is 0 Å². The van der Waals surface area contributed by atoms with Crippen molar-refractivity contribution in [3.8, 4) is 11.5 Å². The van der Waals surface area contributed by atoms with Crippen molar-refractivity contribution in [2.75, 3.05) is 6.61 Å². The largest absolute Gasteiger partial charge is 0.514 e. The first-order valence-electron chi connectivity index (χ1n) is 12.7. The minimum atomic E-state index is -1.08. The summed E-state index contributed by atoms with van der Waals surface area (Å²) in [5, 5.41) is 0. The molecule has 220 valence electrons. The fraction of sp³-hybridized carbons (Fsp3) is 0.643. The third-order valence-electron chi connectivity index (χ3n) is 4.40. The van der Waals surface area contributed by atoms with Gasteiger partial charge in [0.25, 0.3) is 0 Å². The smallest absolute Gasteiger partial charge is 0.462 e. The normalized spacial score (nSPS) is 13.5. The average molecular weight is 554 g/mol. The third-order valence-corrected chi connectivity index (χ3v) is 4.40. The van der Waals surface area contributed by atoms with Gasteiger partial charge in [0, 0.05) is 0 Å². The summed E-state index contributed by atoms with van der Waals surface area (Å²) in [5.41, 5.74) is 4.67. The van der Waals surface area contributed by atoms with Crippen LogP contribution < -0.4 is 15.2 Å². The second-order valence-corrected chi connectivity index (χ2v) is 12.4. The summed E-state index contributed by atoms with van der Waals surface area (Å²) in [4.78, 5) is 48.9. The van der Waals surface area contributed by atoms with Crippen LogP contribution in [0, 0.1) is 5.41 Å². The quantitative estimate of drug-likeness (QED) is 0.247. The number of benzene rings is 1. The van der Waals surface area contributed by atoms with E-state index in [2.05, 4.69) is 0 Å². The molecule has 2 N–H and O–H groups in total. The number of hydrogen-bond acceptors (Lipinski definition) is 11. The third kappa shape index (κ3) is 15.0.